The zero-order chi connectivity index (χ0) is 15.4. The first-order valence-electron chi connectivity index (χ1n) is 7.26. The fourth-order valence-electron chi connectivity index (χ4n) is 2.62. The fourth-order valence-corrected chi connectivity index (χ4v) is 2.62. The van der Waals surface area contributed by atoms with E-state index >= 15 is 0 Å². The van der Waals surface area contributed by atoms with Crippen LogP contribution in [0.2, 0.25) is 0 Å². The van der Waals surface area contributed by atoms with E-state index in [1.165, 1.54) is 17.1 Å². The third kappa shape index (κ3) is 4.21. The lowest BCUT2D eigenvalue weighted by atomic mass is 9.87. The van der Waals surface area contributed by atoms with Crippen molar-refractivity contribution in [3.63, 3.8) is 0 Å². The standard InChI is InChI=1S/C14H22N4O3/c1-10(2)11-3-5-17(6-4-11)14(21)16-12-7-15-18(8-12)9-13(19)20/h7-8,10-11H,3-6,9H2,1-2H3,(H,16,21)(H,19,20). The summed E-state index contributed by atoms with van der Waals surface area (Å²) in [6.45, 7) is 5.75. The number of aromatic nitrogens is 2. The molecule has 0 radical (unpaired) electrons. The summed E-state index contributed by atoms with van der Waals surface area (Å²) in [6, 6.07) is -0.146. The number of hydrogen-bond acceptors (Lipinski definition) is 3. The Hall–Kier alpha value is -2.05. The second kappa shape index (κ2) is 6.60. The minimum Gasteiger partial charge on any atom is -0.480 e. The molecular weight excluding hydrogens is 272 g/mol. The molecule has 0 aliphatic carbocycles. The van der Waals surface area contributed by atoms with Crippen LogP contribution in [-0.4, -0.2) is 44.9 Å². The molecule has 116 valence electrons. The summed E-state index contributed by atoms with van der Waals surface area (Å²) in [4.78, 5) is 24.5. The largest absolute Gasteiger partial charge is 0.480 e. The molecule has 2 amide bonds. The number of rotatable bonds is 4. The van der Waals surface area contributed by atoms with Crippen molar-refractivity contribution < 1.29 is 14.7 Å². The molecular formula is C14H22N4O3. The van der Waals surface area contributed by atoms with Crippen LogP contribution < -0.4 is 5.32 Å². The summed E-state index contributed by atoms with van der Waals surface area (Å²) in [5, 5.41) is 15.3. The molecule has 0 unspecified atom stereocenters. The average molecular weight is 294 g/mol. The Morgan fingerprint density at radius 2 is 2.10 bits per heavy atom. The molecule has 1 aliphatic heterocycles. The van der Waals surface area contributed by atoms with E-state index in [9.17, 15) is 9.59 Å². The van der Waals surface area contributed by atoms with Crippen LogP contribution in [0.3, 0.4) is 0 Å². The number of amides is 2. The summed E-state index contributed by atoms with van der Waals surface area (Å²) >= 11 is 0. The quantitative estimate of drug-likeness (QED) is 0.887. The van der Waals surface area contributed by atoms with Crippen molar-refractivity contribution >= 4 is 17.7 Å². The van der Waals surface area contributed by atoms with Crippen LogP contribution in [0.25, 0.3) is 0 Å². The van der Waals surface area contributed by atoms with Gasteiger partial charge < -0.3 is 15.3 Å². The van der Waals surface area contributed by atoms with Gasteiger partial charge in [0, 0.05) is 19.3 Å². The van der Waals surface area contributed by atoms with Gasteiger partial charge >= 0.3 is 12.0 Å². The molecule has 0 spiro atoms. The van der Waals surface area contributed by atoms with Gasteiger partial charge in [0.15, 0.2) is 0 Å². The van der Waals surface area contributed by atoms with Crippen molar-refractivity contribution in [3.8, 4) is 0 Å². The number of likely N-dealkylation sites (tertiary alicyclic amines) is 1. The molecule has 1 aliphatic rings. The van der Waals surface area contributed by atoms with E-state index in [0.29, 0.717) is 17.5 Å². The Labute approximate surface area is 123 Å². The Kier molecular flexibility index (Phi) is 4.82. The topological polar surface area (TPSA) is 87.5 Å². The van der Waals surface area contributed by atoms with Gasteiger partial charge in [-0.1, -0.05) is 13.8 Å². The highest BCUT2D eigenvalue weighted by molar-refractivity contribution is 5.89. The minimum atomic E-state index is -0.966. The SMILES string of the molecule is CC(C)C1CCN(C(=O)Nc2cnn(CC(=O)O)c2)CC1. The third-order valence-electron chi connectivity index (χ3n) is 3.95. The van der Waals surface area contributed by atoms with E-state index in [0.717, 1.165) is 25.9 Å². The van der Waals surface area contributed by atoms with Crippen molar-refractivity contribution in [2.24, 2.45) is 11.8 Å². The number of carbonyl (C=O) groups excluding carboxylic acids is 1. The third-order valence-corrected chi connectivity index (χ3v) is 3.95. The second-order valence-corrected chi connectivity index (χ2v) is 5.82. The smallest absolute Gasteiger partial charge is 0.325 e. The van der Waals surface area contributed by atoms with Crippen LogP contribution in [0.15, 0.2) is 12.4 Å². The Morgan fingerprint density at radius 3 is 2.67 bits per heavy atom. The van der Waals surface area contributed by atoms with E-state index in [-0.39, 0.29) is 12.6 Å². The molecule has 2 heterocycles. The van der Waals surface area contributed by atoms with Gasteiger partial charge in [0.25, 0.3) is 0 Å². The monoisotopic (exact) mass is 294 g/mol. The molecule has 2 N–H and O–H groups in total. The van der Waals surface area contributed by atoms with E-state index < -0.39 is 5.97 Å². The predicted molar refractivity (Wildman–Crippen MR) is 78.0 cm³/mol. The molecule has 1 aromatic heterocycles. The maximum absolute atomic E-state index is 12.1. The van der Waals surface area contributed by atoms with Crippen molar-refractivity contribution in [3.05, 3.63) is 12.4 Å². The molecule has 0 aromatic carbocycles. The Bertz CT molecular complexity index is 504. The highest BCUT2D eigenvalue weighted by atomic mass is 16.4. The van der Waals surface area contributed by atoms with Gasteiger partial charge in [0.1, 0.15) is 6.54 Å². The molecule has 21 heavy (non-hydrogen) atoms. The number of urea groups is 1. The molecule has 2 rings (SSSR count). The Balaban J connectivity index is 1.84. The summed E-state index contributed by atoms with van der Waals surface area (Å²) in [5.41, 5.74) is 0.521. The highest BCUT2D eigenvalue weighted by Crippen LogP contribution is 2.24. The van der Waals surface area contributed by atoms with Gasteiger partial charge in [-0.2, -0.15) is 5.10 Å². The lowest BCUT2D eigenvalue weighted by Crippen LogP contribution is -2.41. The molecule has 0 saturated carbocycles. The number of anilines is 1. The maximum atomic E-state index is 12.1. The van der Waals surface area contributed by atoms with Crippen molar-refractivity contribution in [2.45, 2.75) is 33.2 Å². The summed E-state index contributed by atoms with van der Waals surface area (Å²) in [5.74, 6) is 0.378. The second-order valence-electron chi connectivity index (χ2n) is 5.82. The molecule has 7 heteroatoms. The molecule has 7 nitrogen and oxygen atoms in total. The number of carboxylic acid groups (broad SMARTS) is 1. The average Bonchev–Trinajstić information content (AvgIpc) is 2.85. The molecule has 1 saturated heterocycles. The fraction of sp³-hybridized carbons (Fsp3) is 0.643. The van der Waals surface area contributed by atoms with E-state index in [1.54, 1.807) is 4.90 Å². The molecule has 1 fully saturated rings. The van der Waals surface area contributed by atoms with Crippen LogP contribution >= 0.6 is 0 Å². The lowest BCUT2D eigenvalue weighted by Gasteiger charge is -2.33. The van der Waals surface area contributed by atoms with Crippen LogP contribution in [0.5, 0.6) is 0 Å². The first kappa shape index (κ1) is 15.3. The Morgan fingerprint density at radius 1 is 1.43 bits per heavy atom. The van der Waals surface area contributed by atoms with Gasteiger partial charge in [0.05, 0.1) is 11.9 Å². The van der Waals surface area contributed by atoms with E-state index in [2.05, 4.69) is 24.3 Å². The number of aliphatic carboxylic acids is 1. The van der Waals surface area contributed by atoms with Gasteiger partial charge in [-0.25, -0.2) is 4.79 Å². The summed E-state index contributed by atoms with van der Waals surface area (Å²) in [6.07, 6.45) is 5.04. The highest BCUT2D eigenvalue weighted by Gasteiger charge is 2.24. The first-order chi connectivity index (χ1) is 9.95. The number of nitrogens with zero attached hydrogens (tertiary/aromatic N) is 3. The zero-order valence-electron chi connectivity index (χ0n) is 12.5. The summed E-state index contributed by atoms with van der Waals surface area (Å²) < 4.78 is 1.28. The first-order valence-corrected chi connectivity index (χ1v) is 7.26. The van der Waals surface area contributed by atoms with Crippen LogP contribution in [0.4, 0.5) is 10.5 Å². The maximum Gasteiger partial charge on any atom is 0.325 e. The number of piperidine rings is 1. The summed E-state index contributed by atoms with van der Waals surface area (Å²) in [7, 11) is 0. The number of hydrogen-bond donors (Lipinski definition) is 2. The molecule has 1 aromatic rings. The van der Waals surface area contributed by atoms with Crippen molar-refractivity contribution in [1.82, 2.24) is 14.7 Å². The number of carbonyl (C=O) groups is 2. The van der Waals surface area contributed by atoms with Crippen molar-refractivity contribution in [1.29, 1.82) is 0 Å². The lowest BCUT2D eigenvalue weighted by molar-refractivity contribution is -0.137. The molecule has 0 bridgehead atoms. The van der Waals surface area contributed by atoms with Gasteiger partial charge in [0.2, 0.25) is 0 Å². The van der Waals surface area contributed by atoms with Gasteiger partial charge in [-0.15, -0.1) is 0 Å². The number of nitrogens with one attached hydrogen (secondary N) is 1. The normalized spacial score (nSPS) is 16.2. The van der Waals surface area contributed by atoms with Gasteiger partial charge in [-0.3, -0.25) is 9.48 Å². The van der Waals surface area contributed by atoms with Crippen LogP contribution in [-0.2, 0) is 11.3 Å². The predicted octanol–water partition coefficient (Wildman–Crippen LogP) is 1.87. The van der Waals surface area contributed by atoms with Crippen LogP contribution in [0.1, 0.15) is 26.7 Å². The van der Waals surface area contributed by atoms with Crippen molar-refractivity contribution in [2.75, 3.05) is 18.4 Å². The minimum absolute atomic E-state index is 0.146. The van der Waals surface area contributed by atoms with Crippen LogP contribution in [0, 0.1) is 11.8 Å². The zero-order valence-corrected chi connectivity index (χ0v) is 12.5. The number of carboxylic acids is 1. The van der Waals surface area contributed by atoms with E-state index in [1.807, 2.05) is 0 Å². The molecule has 0 atom stereocenters. The van der Waals surface area contributed by atoms with E-state index in [4.69, 9.17) is 5.11 Å². The van der Waals surface area contributed by atoms with Gasteiger partial charge in [-0.05, 0) is 24.7 Å².